The van der Waals surface area contributed by atoms with E-state index in [1.807, 2.05) is 27.1 Å². The lowest BCUT2D eigenvalue weighted by Crippen LogP contribution is -2.05. The van der Waals surface area contributed by atoms with Crippen LogP contribution in [-0.2, 0) is 14.1 Å². The van der Waals surface area contributed by atoms with Crippen LogP contribution in [-0.4, -0.2) is 24.7 Å². The molecule has 80 valence electrons. The van der Waals surface area contributed by atoms with Crippen LogP contribution >= 0.6 is 0 Å². The molecule has 0 aliphatic rings. The van der Waals surface area contributed by atoms with E-state index in [-0.39, 0.29) is 0 Å². The minimum atomic E-state index is -0.662. The SMILES string of the molecule is Cc1cc(C(O)c2cnn(C)c2)n(C)n1. The van der Waals surface area contributed by atoms with Crippen molar-refractivity contribution in [1.29, 1.82) is 0 Å². The summed E-state index contributed by atoms with van der Waals surface area (Å²) in [6.45, 7) is 1.90. The largest absolute Gasteiger partial charge is 0.382 e. The zero-order valence-electron chi connectivity index (χ0n) is 9.05. The van der Waals surface area contributed by atoms with Crippen molar-refractivity contribution >= 4 is 0 Å². The number of aromatic nitrogens is 4. The summed E-state index contributed by atoms with van der Waals surface area (Å²) in [7, 11) is 3.65. The Morgan fingerprint density at radius 3 is 2.60 bits per heavy atom. The number of aryl methyl sites for hydroxylation is 3. The number of aliphatic hydroxyl groups excluding tert-OH is 1. The van der Waals surface area contributed by atoms with Crippen molar-refractivity contribution in [3.8, 4) is 0 Å². The maximum absolute atomic E-state index is 10.1. The molecule has 5 nitrogen and oxygen atoms in total. The van der Waals surface area contributed by atoms with Crippen molar-refractivity contribution in [1.82, 2.24) is 19.6 Å². The highest BCUT2D eigenvalue weighted by Crippen LogP contribution is 2.21. The fourth-order valence-electron chi connectivity index (χ4n) is 1.64. The van der Waals surface area contributed by atoms with Gasteiger partial charge in [-0.3, -0.25) is 9.36 Å². The number of hydrogen-bond acceptors (Lipinski definition) is 3. The van der Waals surface area contributed by atoms with Gasteiger partial charge in [-0.25, -0.2) is 0 Å². The van der Waals surface area contributed by atoms with Gasteiger partial charge in [0.15, 0.2) is 0 Å². The van der Waals surface area contributed by atoms with E-state index >= 15 is 0 Å². The van der Waals surface area contributed by atoms with Crippen LogP contribution in [0.25, 0.3) is 0 Å². The van der Waals surface area contributed by atoms with Crippen LogP contribution in [0.5, 0.6) is 0 Å². The second kappa shape index (κ2) is 3.51. The van der Waals surface area contributed by atoms with E-state index in [4.69, 9.17) is 0 Å². The Balaban J connectivity index is 2.35. The predicted molar refractivity (Wildman–Crippen MR) is 55.2 cm³/mol. The predicted octanol–water partition coefficient (Wildman–Crippen LogP) is 0.544. The quantitative estimate of drug-likeness (QED) is 0.780. The lowest BCUT2D eigenvalue weighted by Gasteiger charge is -2.07. The molecular weight excluding hydrogens is 192 g/mol. The molecule has 0 saturated heterocycles. The van der Waals surface area contributed by atoms with Crippen LogP contribution in [0, 0.1) is 6.92 Å². The smallest absolute Gasteiger partial charge is 0.124 e. The van der Waals surface area contributed by atoms with Crippen molar-refractivity contribution in [3.63, 3.8) is 0 Å². The summed E-state index contributed by atoms with van der Waals surface area (Å²) in [6.07, 6.45) is 2.80. The van der Waals surface area contributed by atoms with Gasteiger partial charge in [0.1, 0.15) is 6.10 Å². The molecule has 1 atom stereocenters. The van der Waals surface area contributed by atoms with Gasteiger partial charge in [-0.05, 0) is 13.0 Å². The lowest BCUT2D eigenvalue weighted by molar-refractivity contribution is 0.209. The summed E-state index contributed by atoms with van der Waals surface area (Å²) >= 11 is 0. The molecule has 0 aliphatic heterocycles. The van der Waals surface area contributed by atoms with Gasteiger partial charge >= 0.3 is 0 Å². The van der Waals surface area contributed by atoms with Crippen molar-refractivity contribution in [2.75, 3.05) is 0 Å². The Kier molecular flexibility index (Phi) is 2.32. The third-order valence-electron chi connectivity index (χ3n) is 2.36. The summed E-state index contributed by atoms with van der Waals surface area (Å²) < 4.78 is 3.36. The Bertz CT molecular complexity index is 471. The average molecular weight is 206 g/mol. The zero-order valence-corrected chi connectivity index (χ0v) is 9.05. The lowest BCUT2D eigenvalue weighted by atomic mass is 10.1. The first-order valence-electron chi connectivity index (χ1n) is 4.75. The van der Waals surface area contributed by atoms with Crippen LogP contribution in [0.1, 0.15) is 23.1 Å². The summed E-state index contributed by atoms with van der Waals surface area (Å²) in [6, 6.07) is 1.87. The molecule has 15 heavy (non-hydrogen) atoms. The molecule has 2 aromatic heterocycles. The molecule has 1 N–H and O–H groups in total. The fraction of sp³-hybridized carbons (Fsp3) is 0.400. The molecule has 0 aromatic carbocycles. The summed E-state index contributed by atoms with van der Waals surface area (Å²) in [5, 5.41) is 18.3. The van der Waals surface area contributed by atoms with Crippen LogP contribution in [0.4, 0.5) is 0 Å². The Morgan fingerprint density at radius 1 is 1.40 bits per heavy atom. The summed E-state index contributed by atoms with van der Waals surface area (Å²) in [5.41, 5.74) is 2.46. The number of hydrogen-bond donors (Lipinski definition) is 1. The maximum Gasteiger partial charge on any atom is 0.124 e. The minimum Gasteiger partial charge on any atom is -0.382 e. The van der Waals surface area contributed by atoms with Gasteiger partial charge in [0.2, 0.25) is 0 Å². The van der Waals surface area contributed by atoms with Gasteiger partial charge in [0.25, 0.3) is 0 Å². The highest BCUT2D eigenvalue weighted by molar-refractivity contribution is 5.22. The van der Waals surface area contributed by atoms with Gasteiger partial charge in [0, 0.05) is 25.9 Å². The average Bonchev–Trinajstić information content (AvgIpc) is 2.71. The number of nitrogens with zero attached hydrogens (tertiary/aromatic N) is 4. The zero-order chi connectivity index (χ0) is 11.0. The van der Waals surface area contributed by atoms with E-state index in [0.29, 0.717) is 0 Å². The molecule has 2 aromatic rings. The van der Waals surface area contributed by atoms with Crippen molar-refractivity contribution < 1.29 is 5.11 Å². The van der Waals surface area contributed by atoms with Gasteiger partial charge in [-0.2, -0.15) is 10.2 Å². The number of aliphatic hydroxyl groups is 1. The van der Waals surface area contributed by atoms with Crippen molar-refractivity contribution in [2.45, 2.75) is 13.0 Å². The van der Waals surface area contributed by atoms with E-state index in [1.54, 1.807) is 21.8 Å². The molecule has 5 heteroatoms. The highest BCUT2D eigenvalue weighted by Gasteiger charge is 2.16. The van der Waals surface area contributed by atoms with Crippen LogP contribution < -0.4 is 0 Å². The second-order valence-corrected chi connectivity index (χ2v) is 3.68. The van der Waals surface area contributed by atoms with Crippen LogP contribution in [0.3, 0.4) is 0 Å². The Hall–Kier alpha value is -1.62. The molecule has 0 saturated carbocycles. The monoisotopic (exact) mass is 206 g/mol. The van der Waals surface area contributed by atoms with Crippen molar-refractivity contribution in [3.05, 3.63) is 35.4 Å². The van der Waals surface area contributed by atoms with Gasteiger partial charge in [-0.15, -0.1) is 0 Å². The van der Waals surface area contributed by atoms with Gasteiger partial charge < -0.3 is 5.11 Å². The molecule has 0 fully saturated rings. The third-order valence-corrected chi connectivity index (χ3v) is 2.36. The molecule has 0 radical (unpaired) electrons. The Labute approximate surface area is 88.0 Å². The first kappa shape index (κ1) is 9.92. The molecule has 0 bridgehead atoms. The third kappa shape index (κ3) is 1.78. The summed E-state index contributed by atoms with van der Waals surface area (Å²) in [4.78, 5) is 0. The maximum atomic E-state index is 10.1. The van der Waals surface area contributed by atoms with E-state index in [1.165, 1.54) is 0 Å². The highest BCUT2D eigenvalue weighted by atomic mass is 16.3. The van der Waals surface area contributed by atoms with E-state index < -0.39 is 6.10 Å². The number of rotatable bonds is 2. The summed E-state index contributed by atoms with van der Waals surface area (Å²) in [5.74, 6) is 0. The van der Waals surface area contributed by atoms with Gasteiger partial charge in [0.05, 0.1) is 17.6 Å². The van der Waals surface area contributed by atoms with E-state index in [2.05, 4.69) is 10.2 Å². The molecule has 1 unspecified atom stereocenters. The molecule has 2 rings (SSSR count). The van der Waals surface area contributed by atoms with Crippen LogP contribution in [0.2, 0.25) is 0 Å². The molecule has 0 aliphatic carbocycles. The molecule has 0 spiro atoms. The first-order valence-corrected chi connectivity index (χ1v) is 4.75. The fourth-order valence-corrected chi connectivity index (χ4v) is 1.64. The molecule has 0 amide bonds. The minimum absolute atomic E-state index is 0.662. The standard InChI is InChI=1S/C10H14N4O/c1-7-4-9(14(3)12-7)10(15)8-5-11-13(2)6-8/h4-6,10,15H,1-3H3. The van der Waals surface area contributed by atoms with E-state index in [9.17, 15) is 5.11 Å². The van der Waals surface area contributed by atoms with E-state index in [0.717, 1.165) is 17.0 Å². The van der Waals surface area contributed by atoms with Crippen molar-refractivity contribution in [2.24, 2.45) is 14.1 Å². The molecule has 2 heterocycles. The van der Waals surface area contributed by atoms with Gasteiger partial charge in [-0.1, -0.05) is 0 Å². The topological polar surface area (TPSA) is 55.9 Å². The molecular formula is C10H14N4O. The first-order chi connectivity index (χ1) is 7.08. The normalized spacial score (nSPS) is 13.1. The van der Waals surface area contributed by atoms with Crippen LogP contribution in [0.15, 0.2) is 18.5 Å². The second-order valence-electron chi connectivity index (χ2n) is 3.68. The Morgan fingerprint density at radius 2 is 2.13 bits per heavy atom.